The zero-order valence-electron chi connectivity index (χ0n) is 12.7. The van der Waals surface area contributed by atoms with Crippen LogP contribution in [0.1, 0.15) is 37.7 Å². The highest BCUT2D eigenvalue weighted by Crippen LogP contribution is 2.27. The summed E-state index contributed by atoms with van der Waals surface area (Å²) < 4.78 is 1.84. The summed E-state index contributed by atoms with van der Waals surface area (Å²) >= 11 is 1.59. The Hall–Kier alpha value is -2.39. The number of hydrogen-bond donors (Lipinski definition) is 1. The Morgan fingerprint density at radius 1 is 1.17 bits per heavy atom. The number of anilines is 1. The second-order valence-corrected chi connectivity index (χ2v) is 6.88. The highest BCUT2D eigenvalue weighted by Gasteiger charge is 2.16. The topological polar surface area (TPSA) is 66.0 Å². The van der Waals surface area contributed by atoms with E-state index in [2.05, 4.69) is 21.5 Å². The van der Waals surface area contributed by atoms with E-state index in [0.717, 1.165) is 21.3 Å². The lowest BCUT2D eigenvalue weighted by Crippen LogP contribution is -2.22. The number of nitrogens with zero attached hydrogens (tertiary/aromatic N) is 4. The lowest BCUT2D eigenvalue weighted by atomic mass is 9.96. The largest absolute Gasteiger partial charge is 0.357 e. The van der Waals surface area contributed by atoms with Crippen LogP contribution in [0.2, 0.25) is 0 Å². The van der Waals surface area contributed by atoms with Gasteiger partial charge in [-0.15, -0.1) is 5.10 Å². The molecule has 1 fully saturated rings. The fraction of sp³-hybridized carbons (Fsp3) is 0.353. The molecule has 3 aromatic rings. The molecule has 1 N–H and O–H groups in total. The first-order valence-electron chi connectivity index (χ1n) is 7.95. The van der Waals surface area contributed by atoms with Gasteiger partial charge in [0.2, 0.25) is 10.1 Å². The molecule has 5 nitrogen and oxygen atoms in total. The van der Waals surface area contributed by atoms with Gasteiger partial charge in [-0.2, -0.15) is 5.26 Å². The Labute approximate surface area is 138 Å². The van der Waals surface area contributed by atoms with Crippen molar-refractivity contribution in [3.8, 4) is 17.3 Å². The van der Waals surface area contributed by atoms with Gasteiger partial charge in [-0.25, -0.2) is 9.50 Å². The molecule has 116 valence electrons. The molecule has 4 rings (SSSR count). The average Bonchev–Trinajstić information content (AvgIpc) is 3.14. The minimum atomic E-state index is 0.553. The summed E-state index contributed by atoms with van der Waals surface area (Å²) in [6.45, 7) is 0. The number of nitrogens with one attached hydrogen (secondary N) is 1. The van der Waals surface area contributed by atoms with Crippen LogP contribution in [0.4, 0.5) is 5.13 Å². The van der Waals surface area contributed by atoms with Crippen LogP contribution in [0.3, 0.4) is 0 Å². The highest BCUT2D eigenvalue weighted by molar-refractivity contribution is 7.20. The van der Waals surface area contributed by atoms with E-state index in [1.54, 1.807) is 11.3 Å². The number of nitriles is 1. The molecule has 0 spiro atoms. The van der Waals surface area contributed by atoms with E-state index < -0.39 is 0 Å². The molecule has 0 amide bonds. The number of hydrogen-bond acceptors (Lipinski definition) is 5. The Balaban J connectivity index is 1.54. The van der Waals surface area contributed by atoms with Crippen LogP contribution in [0.15, 0.2) is 30.5 Å². The molecular weight excluding hydrogens is 306 g/mol. The standard InChI is InChI=1S/C17H17N5S/c18-10-12-6-8-13(9-7-12)15-11-22-17(20-15)23-16(21-22)19-14-4-2-1-3-5-14/h6-9,11,14H,1-5H2,(H,19,21). The van der Waals surface area contributed by atoms with Crippen LogP contribution >= 0.6 is 11.3 Å². The number of aromatic nitrogens is 3. The molecule has 1 saturated carbocycles. The minimum absolute atomic E-state index is 0.553. The molecule has 1 aromatic carbocycles. The fourth-order valence-electron chi connectivity index (χ4n) is 3.03. The Morgan fingerprint density at radius 2 is 1.96 bits per heavy atom. The van der Waals surface area contributed by atoms with Crippen LogP contribution in [0, 0.1) is 11.3 Å². The summed E-state index contributed by atoms with van der Waals surface area (Å²) in [5.74, 6) is 0. The van der Waals surface area contributed by atoms with Gasteiger partial charge in [-0.05, 0) is 25.0 Å². The minimum Gasteiger partial charge on any atom is -0.357 e. The molecule has 2 aromatic heterocycles. The smallest absolute Gasteiger partial charge is 0.214 e. The van der Waals surface area contributed by atoms with Gasteiger partial charge in [-0.3, -0.25) is 0 Å². The molecule has 0 bridgehead atoms. The van der Waals surface area contributed by atoms with Crippen molar-refractivity contribution in [3.63, 3.8) is 0 Å². The normalized spacial score (nSPS) is 15.6. The monoisotopic (exact) mass is 323 g/mol. The Morgan fingerprint density at radius 3 is 2.65 bits per heavy atom. The maximum Gasteiger partial charge on any atom is 0.214 e. The van der Waals surface area contributed by atoms with E-state index in [1.807, 2.05) is 35.0 Å². The van der Waals surface area contributed by atoms with Crippen LogP contribution in [-0.4, -0.2) is 20.6 Å². The molecule has 1 aliphatic rings. The van der Waals surface area contributed by atoms with Crippen molar-refractivity contribution in [2.75, 3.05) is 5.32 Å². The molecule has 0 unspecified atom stereocenters. The van der Waals surface area contributed by atoms with Crippen molar-refractivity contribution in [3.05, 3.63) is 36.0 Å². The zero-order valence-corrected chi connectivity index (χ0v) is 13.5. The van der Waals surface area contributed by atoms with Crippen LogP contribution < -0.4 is 5.32 Å². The first-order chi connectivity index (χ1) is 11.3. The van der Waals surface area contributed by atoms with E-state index in [-0.39, 0.29) is 0 Å². The fourth-order valence-corrected chi connectivity index (χ4v) is 3.89. The SMILES string of the molecule is N#Cc1ccc(-c2cn3nc(NC4CCCCC4)sc3n2)cc1. The predicted octanol–water partition coefficient (Wildman–Crippen LogP) is 4.07. The number of benzene rings is 1. The molecule has 0 radical (unpaired) electrons. The van der Waals surface area contributed by atoms with Gasteiger partial charge in [-0.1, -0.05) is 42.7 Å². The third-order valence-electron chi connectivity index (χ3n) is 4.29. The van der Waals surface area contributed by atoms with Gasteiger partial charge in [0, 0.05) is 11.6 Å². The summed E-state index contributed by atoms with van der Waals surface area (Å²) in [5.41, 5.74) is 2.55. The molecule has 0 atom stereocenters. The molecule has 0 saturated heterocycles. The van der Waals surface area contributed by atoms with E-state index in [4.69, 9.17) is 5.26 Å². The van der Waals surface area contributed by atoms with E-state index in [0.29, 0.717) is 11.6 Å². The van der Waals surface area contributed by atoms with Crippen molar-refractivity contribution in [1.82, 2.24) is 14.6 Å². The molecular formula is C17H17N5S. The molecule has 23 heavy (non-hydrogen) atoms. The van der Waals surface area contributed by atoms with E-state index in [1.165, 1.54) is 32.1 Å². The third-order valence-corrected chi connectivity index (χ3v) is 5.14. The van der Waals surface area contributed by atoms with Gasteiger partial charge in [0.1, 0.15) is 0 Å². The summed E-state index contributed by atoms with van der Waals surface area (Å²) in [4.78, 5) is 5.54. The second-order valence-electron chi connectivity index (χ2n) is 5.93. The van der Waals surface area contributed by atoms with Gasteiger partial charge >= 0.3 is 0 Å². The van der Waals surface area contributed by atoms with Crippen molar-refractivity contribution in [1.29, 1.82) is 5.26 Å². The maximum atomic E-state index is 8.86. The second kappa shape index (κ2) is 6.01. The summed E-state index contributed by atoms with van der Waals surface area (Å²) in [5, 5.41) is 17.9. The number of imidazole rings is 1. The Bertz CT molecular complexity index is 818. The molecule has 2 heterocycles. The molecule has 1 aliphatic carbocycles. The van der Waals surface area contributed by atoms with Gasteiger partial charge < -0.3 is 5.32 Å². The maximum absolute atomic E-state index is 8.86. The number of fused-ring (bicyclic) bond motifs is 1. The molecule has 6 heteroatoms. The van der Waals surface area contributed by atoms with Crippen molar-refractivity contribution in [2.45, 2.75) is 38.1 Å². The average molecular weight is 323 g/mol. The van der Waals surface area contributed by atoms with Crippen LogP contribution in [0.25, 0.3) is 16.2 Å². The van der Waals surface area contributed by atoms with Crippen LogP contribution in [0.5, 0.6) is 0 Å². The zero-order chi connectivity index (χ0) is 15.6. The van der Waals surface area contributed by atoms with E-state index >= 15 is 0 Å². The van der Waals surface area contributed by atoms with Gasteiger partial charge in [0.15, 0.2) is 0 Å². The first kappa shape index (κ1) is 14.2. The van der Waals surface area contributed by atoms with Crippen molar-refractivity contribution < 1.29 is 0 Å². The van der Waals surface area contributed by atoms with Crippen LogP contribution in [-0.2, 0) is 0 Å². The van der Waals surface area contributed by atoms with Gasteiger partial charge in [0.25, 0.3) is 0 Å². The van der Waals surface area contributed by atoms with Crippen molar-refractivity contribution in [2.24, 2.45) is 0 Å². The lowest BCUT2D eigenvalue weighted by molar-refractivity contribution is 0.462. The lowest BCUT2D eigenvalue weighted by Gasteiger charge is -2.21. The van der Waals surface area contributed by atoms with E-state index in [9.17, 15) is 0 Å². The van der Waals surface area contributed by atoms with Crippen molar-refractivity contribution >= 4 is 21.4 Å². The van der Waals surface area contributed by atoms with Gasteiger partial charge in [0.05, 0.1) is 23.5 Å². The summed E-state index contributed by atoms with van der Waals surface area (Å²) in [7, 11) is 0. The summed E-state index contributed by atoms with van der Waals surface area (Å²) in [6, 6.07) is 10.2. The molecule has 0 aliphatic heterocycles. The summed E-state index contributed by atoms with van der Waals surface area (Å²) in [6.07, 6.45) is 8.38. The third kappa shape index (κ3) is 2.92. The quantitative estimate of drug-likeness (QED) is 0.789. The predicted molar refractivity (Wildman–Crippen MR) is 91.5 cm³/mol. The first-order valence-corrected chi connectivity index (χ1v) is 8.77. The number of rotatable bonds is 3. The highest BCUT2D eigenvalue weighted by atomic mass is 32.1. The Kier molecular flexibility index (Phi) is 3.72.